The van der Waals surface area contributed by atoms with Gasteiger partial charge in [-0.1, -0.05) is 0 Å². The van der Waals surface area contributed by atoms with Gasteiger partial charge in [-0.2, -0.15) is 18.2 Å². The average molecular weight is 329 g/mol. The first-order valence-electron chi connectivity index (χ1n) is 6.17. The molecule has 1 amide bonds. The van der Waals surface area contributed by atoms with Gasteiger partial charge in [0.1, 0.15) is 5.75 Å². The number of halogens is 3. The van der Waals surface area contributed by atoms with Crippen molar-refractivity contribution in [2.75, 3.05) is 5.32 Å². The van der Waals surface area contributed by atoms with E-state index in [-0.39, 0.29) is 11.3 Å². The van der Waals surface area contributed by atoms with E-state index in [4.69, 9.17) is 4.74 Å². The fraction of sp³-hybridized carbons (Fsp3) is 0.231. The lowest BCUT2D eigenvalue weighted by Gasteiger charge is -2.06. The fourth-order valence-corrected chi connectivity index (χ4v) is 1.66. The molecule has 23 heavy (non-hydrogen) atoms. The zero-order valence-electron chi connectivity index (χ0n) is 11.9. The van der Waals surface area contributed by atoms with Crippen molar-refractivity contribution < 1.29 is 32.0 Å². The van der Waals surface area contributed by atoms with Crippen molar-refractivity contribution in [1.82, 2.24) is 10.1 Å². The van der Waals surface area contributed by atoms with Crippen LogP contribution < -0.4 is 10.1 Å². The number of hydrogen-bond acceptors (Lipinski definition) is 6. The number of amides is 1. The number of benzene rings is 1. The quantitative estimate of drug-likeness (QED) is 0.687. The minimum absolute atomic E-state index is 0.0491. The van der Waals surface area contributed by atoms with Gasteiger partial charge in [0, 0.05) is 12.5 Å². The van der Waals surface area contributed by atoms with Gasteiger partial charge in [0.2, 0.25) is 0 Å². The molecule has 0 saturated heterocycles. The highest BCUT2D eigenvalue weighted by Gasteiger charge is 2.37. The first-order valence-corrected chi connectivity index (χ1v) is 6.17. The predicted molar refractivity (Wildman–Crippen MR) is 69.7 cm³/mol. The molecule has 0 bridgehead atoms. The van der Waals surface area contributed by atoms with E-state index in [1.807, 2.05) is 5.32 Å². The van der Waals surface area contributed by atoms with Crippen LogP contribution in [-0.4, -0.2) is 22.0 Å². The summed E-state index contributed by atoms with van der Waals surface area (Å²) in [5.74, 6) is -2.74. The van der Waals surface area contributed by atoms with Crippen LogP contribution >= 0.6 is 0 Å². The first-order chi connectivity index (χ1) is 10.6. The van der Waals surface area contributed by atoms with Gasteiger partial charge in [-0.15, -0.1) is 0 Å². The van der Waals surface area contributed by atoms with Crippen molar-refractivity contribution in [3.05, 3.63) is 35.2 Å². The Bertz CT molecular complexity index is 755. The van der Waals surface area contributed by atoms with Crippen molar-refractivity contribution in [1.29, 1.82) is 0 Å². The van der Waals surface area contributed by atoms with Crippen molar-refractivity contribution in [3.63, 3.8) is 0 Å². The molecule has 122 valence electrons. The molecule has 0 spiro atoms. The Labute approximate surface area is 127 Å². The number of carbonyl (C=O) groups is 2. The maximum atomic E-state index is 12.3. The Kier molecular flexibility index (Phi) is 4.34. The van der Waals surface area contributed by atoms with Crippen LogP contribution in [0.1, 0.15) is 28.7 Å². The van der Waals surface area contributed by atoms with Crippen LogP contribution in [-0.2, 0) is 11.0 Å². The maximum absolute atomic E-state index is 12.3. The van der Waals surface area contributed by atoms with E-state index in [0.717, 1.165) is 0 Å². The normalized spacial score (nSPS) is 11.2. The van der Waals surface area contributed by atoms with E-state index in [9.17, 15) is 22.8 Å². The largest absolute Gasteiger partial charge is 0.455 e. The van der Waals surface area contributed by atoms with Crippen LogP contribution in [0.2, 0.25) is 0 Å². The Balaban J connectivity index is 2.19. The Morgan fingerprint density at radius 1 is 1.26 bits per heavy atom. The van der Waals surface area contributed by atoms with Gasteiger partial charge in [0.05, 0.1) is 0 Å². The predicted octanol–water partition coefficient (Wildman–Crippen LogP) is 2.57. The van der Waals surface area contributed by atoms with Crippen molar-refractivity contribution in [2.45, 2.75) is 20.0 Å². The molecule has 1 aromatic carbocycles. The summed E-state index contributed by atoms with van der Waals surface area (Å²) in [6.07, 6.45) is -4.78. The molecular formula is C13H10F3N3O4. The first kappa shape index (κ1) is 16.5. The maximum Gasteiger partial charge on any atom is 0.455 e. The van der Waals surface area contributed by atoms with Crippen LogP contribution in [0.15, 0.2) is 22.7 Å². The summed E-state index contributed by atoms with van der Waals surface area (Å²) in [4.78, 5) is 26.0. The van der Waals surface area contributed by atoms with Crippen molar-refractivity contribution in [2.24, 2.45) is 0 Å². The summed E-state index contributed by atoms with van der Waals surface area (Å²) in [5.41, 5.74) is 0.656. The molecule has 0 unspecified atom stereocenters. The molecule has 0 fully saturated rings. The van der Waals surface area contributed by atoms with E-state index < -0.39 is 29.9 Å². The molecule has 7 nitrogen and oxygen atoms in total. The molecular weight excluding hydrogens is 319 g/mol. The topological polar surface area (TPSA) is 94.3 Å². The second kappa shape index (κ2) is 6.07. The molecule has 1 aromatic heterocycles. The van der Waals surface area contributed by atoms with Crippen LogP contribution in [0, 0.1) is 6.92 Å². The molecule has 0 atom stereocenters. The number of ether oxygens (including phenoxy) is 1. The zero-order valence-corrected chi connectivity index (χ0v) is 11.9. The molecule has 0 aliphatic heterocycles. The van der Waals surface area contributed by atoms with Gasteiger partial charge < -0.3 is 9.26 Å². The standard InChI is InChI=1S/C13H10F3N3O4/c1-6-3-8(5-9(4-6)22-7(2)20)10(21)17-12-18-11(19-23-12)13(14,15)16/h3-5H,1-2H3,(H,17,18,19,21). The number of aryl methyl sites for hydroxylation is 1. The molecule has 0 radical (unpaired) electrons. The fourth-order valence-electron chi connectivity index (χ4n) is 1.66. The third-order valence-electron chi connectivity index (χ3n) is 2.47. The van der Waals surface area contributed by atoms with Crippen molar-refractivity contribution >= 4 is 17.9 Å². The average Bonchev–Trinajstić information content (AvgIpc) is 2.85. The summed E-state index contributed by atoms with van der Waals surface area (Å²) < 4.78 is 46.2. The summed E-state index contributed by atoms with van der Waals surface area (Å²) in [7, 11) is 0. The summed E-state index contributed by atoms with van der Waals surface area (Å²) >= 11 is 0. The zero-order chi connectivity index (χ0) is 17.2. The van der Waals surface area contributed by atoms with Gasteiger partial charge in [0.15, 0.2) is 0 Å². The molecule has 0 aliphatic rings. The van der Waals surface area contributed by atoms with Crippen LogP contribution in [0.4, 0.5) is 19.2 Å². The molecule has 10 heteroatoms. The molecule has 2 rings (SSSR count). The monoisotopic (exact) mass is 329 g/mol. The van der Waals surface area contributed by atoms with Crippen LogP contribution in [0.3, 0.4) is 0 Å². The van der Waals surface area contributed by atoms with Crippen LogP contribution in [0.5, 0.6) is 5.75 Å². The minimum atomic E-state index is -4.78. The van der Waals surface area contributed by atoms with Gasteiger partial charge >= 0.3 is 18.2 Å². The van der Waals surface area contributed by atoms with Gasteiger partial charge in [-0.05, 0) is 35.8 Å². The number of nitrogens with zero attached hydrogens (tertiary/aromatic N) is 2. The number of carbonyl (C=O) groups excluding carboxylic acids is 2. The smallest absolute Gasteiger partial charge is 0.427 e. The van der Waals surface area contributed by atoms with E-state index in [1.54, 1.807) is 6.92 Å². The number of nitrogens with one attached hydrogen (secondary N) is 1. The third-order valence-corrected chi connectivity index (χ3v) is 2.47. The summed E-state index contributed by atoms with van der Waals surface area (Å²) in [5, 5.41) is 4.75. The Morgan fingerprint density at radius 3 is 2.52 bits per heavy atom. The van der Waals surface area contributed by atoms with Gasteiger partial charge in [0.25, 0.3) is 11.7 Å². The molecule has 0 aliphatic carbocycles. The van der Waals surface area contributed by atoms with Gasteiger partial charge in [-0.3, -0.25) is 14.9 Å². The third kappa shape index (κ3) is 4.28. The van der Waals surface area contributed by atoms with E-state index in [1.165, 1.54) is 25.1 Å². The van der Waals surface area contributed by atoms with Gasteiger partial charge in [-0.25, -0.2) is 0 Å². The number of esters is 1. The summed E-state index contributed by atoms with van der Waals surface area (Å²) in [6.45, 7) is 2.84. The molecule has 1 N–H and O–H groups in total. The molecule has 2 aromatic rings. The van der Waals surface area contributed by atoms with Crippen molar-refractivity contribution in [3.8, 4) is 5.75 Å². The Morgan fingerprint density at radius 2 is 1.96 bits per heavy atom. The minimum Gasteiger partial charge on any atom is -0.427 e. The second-order valence-corrected chi connectivity index (χ2v) is 4.50. The number of hydrogen-bond donors (Lipinski definition) is 1. The number of rotatable bonds is 3. The lowest BCUT2D eigenvalue weighted by molar-refractivity contribution is -0.146. The molecule has 0 saturated carbocycles. The Hall–Kier alpha value is -2.91. The number of aromatic nitrogens is 2. The lowest BCUT2D eigenvalue weighted by Crippen LogP contribution is -2.14. The highest BCUT2D eigenvalue weighted by molar-refractivity contribution is 6.03. The van der Waals surface area contributed by atoms with Crippen LogP contribution in [0.25, 0.3) is 0 Å². The second-order valence-electron chi connectivity index (χ2n) is 4.50. The van der Waals surface area contributed by atoms with E-state index in [0.29, 0.717) is 5.56 Å². The van der Waals surface area contributed by atoms with E-state index >= 15 is 0 Å². The highest BCUT2D eigenvalue weighted by Crippen LogP contribution is 2.27. The lowest BCUT2D eigenvalue weighted by atomic mass is 10.1. The SMILES string of the molecule is CC(=O)Oc1cc(C)cc(C(=O)Nc2nc(C(F)(F)F)no2)c1. The van der Waals surface area contributed by atoms with E-state index in [2.05, 4.69) is 14.7 Å². The number of anilines is 1. The summed E-state index contributed by atoms with van der Waals surface area (Å²) in [6, 6.07) is 3.53. The highest BCUT2D eigenvalue weighted by atomic mass is 19.4. The molecule has 1 heterocycles. The number of alkyl halides is 3.